The van der Waals surface area contributed by atoms with E-state index in [0.29, 0.717) is 13.0 Å². The van der Waals surface area contributed by atoms with Crippen LogP contribution in [0, 0.1) is 0 Å². The third-order valence-corrected chi connectivity index (χ3v) is 7.51. The van der Waals surface area contributed by atoms with Crippen molar-refractivity contribution in [3.05, 3.63) is 0 Å². The maximum absolute atomic E-state index is 12.4. The van der Waals surface area contributed by atoms with Crippen LogP contribution in [0.1, 0.15) is 142 Å². The molecule has 3 N–H and O–H groups in total. The van der Waals surface area contributed by atoms with Crippen molar-refractivity contribution in [3.8, 4) is 0 Å². The topological polar surface area (TPSA) is 117 Å². The zero-order chi connectivity index (χ0) is 28.2. The highest BCUT2D eigenvalue weighted by molar-refractivity contribution is 7.47. The van der Waals surface area contributed by atoms with E-state index in [1.54, 1.807) is 0 Å². The molecule has 0 heterocycles. The highest BCUT2D eigenvalue weighted by Crippen LogP contribution is 2.43. The van der Waals surface area contributed by atoms with Gasteiger partial charge in [0.2, 0.25) is 0 Å². The Balaban J connectivity index is 4.13. The summed E-state index contributed by atoms with van der Waals surface area (Å²) < 4.78 is 33.0. The average molecular weight is 566 g/mol. The molecule has 0 aromatic rings. The minimum absolute atomic E-state index is 0.0913. The molecule has 0 spiro atoms. The number of carbonyl (C=O) groups excluding carboxylic acids is 1. The van der Waals surface area contributed by atoms with Crippen molar-refractivity contribution in [1.29, 1.82) is 0 Å². The Morgan fingerprint density at radius 2 is 1.16 bits per heavy atom. The van der Waals surface area contributed by atoms with Crippen LogP contribution in [0.15, 0.2) is 0 Å². The maximum atomic E-state index is 12.4. The lowest BCUT2D eigenvalue weighted by Crippen LogP contribution is -2.28. The van der Waals surface area contributed by atoms with E-state index in [0.717, 1.165) is 32.1 Å². The monoisotopic (exact) mass is 565 g/mol. The van der Waals surface area contributed by atoms with Gasteiger partial charge in [0.25, 0.3) is 0 Å². The minimum atomic E-state index is -4.25. The Morgan fingerprint density at radius 1 is 0.684 bits per heavy atom. The number of unbranched alkanes of at least 4 members (excludes halogenated alkanes) is 17. The van der Waals surface area contributed by atoms with E-state index in [-0.39, 0.29) is 32.3 Å². The van der Waals surface area contributed by atoms with Gasteiger partial charge in [0, 0.05) is 19.6 Å². The van der Waals surface area contributed by atoms with Gasteiger partial charge < -0.3 is 20.1 Å². The molecule has 0 rings (SSSR count). The molecule has 0 aromatic heterocycles. The average Bonchev–Trinajstić information content (AvgIpc) is 2.90. The highest BCUT2D eigenvalue weighted by Gasteiger charge is 2.25. The number of nitrogens with two attached hydrogens (primary N) is 1. The Labute approximate surface area is 233 Å². The summed E-state index contributed by atoms with van der Waals surface area (Å²) in [5, 5.41) is 0. The van der Waals surface area contributed by atoms with Crippen LogP contribution in [-0.4, -0.2) is 49.9 Å². The summed E-state index contributed by atoms with van der Waals surface area (Å²) in [4.78, 5) is 22.1. The number of rotatable bonds is 30. The lowest BCUT2D eigenvalue weighted by atomic mass is 10.0. The standard InChI is InChI=1S/C29H60NO7P/c1-3-5-7-9-11-12-13-14-15-16-18-20-22-29(31)37-28(27-36-38(32,33)35-25-23-30)26-34-24-21-19-17-10-8-6-4-2/h28H,3-27,30H2,1-2H3,(H,32,33). The molecule has 0 aliphatic heterocycles. The summed E-state index contributed by atoms with van der Waals surface area (Å²) in [7, 11) is -4.25. The van der Waals surface area contributed by atoms with Crippen LogP contribution in [0.5, 0.6) is 0 Å². The third kappa shape index (κ3) is 27.1. The first kappa shape index (κ1) is 37.5. The number of phosphoric ester groups is 1. The van der Waals surface area contributed by atoms with Crippen LogP contribution in [0.25, 0.3) is 0 Å². The summed E-state index contributed by atoms with van der Waals surface area (Å²) >= 11 is 0. The molecule has 0 saturated heterocycles. The smallest absolute Gasteiger partial charge is 0.457 e. The first-order chi connectivity index (χ1) is 18.4. The molecule has 2 atom stereocenters. The molecule has 228 valence electrons. The van der Waals surface area contributed by atoms with Crippen LogP contribution in [-0.2, 0) is 27.9 Å². The van der Waals surface area contributed by atoms with Crippen molar-refractivity contribution >= 4 is 13.8 Å². The SMILES string of the molecule is CCCCCCCCCCCCCCC(=O)OC(COCCCCCCCCC)COP(=O)(O)OCCN. The second-order valence-corrected chi connectivity index (χ2v) is 11.8. The molecule has 0 amide bonds. The fourth-order valence-corrected chi connectivity index (χ4v) is 5.00. The van der Waals surface area contributed by atoms with Gasteiger partial charge in [-0.1, -0.05) is 123 Å². The summed E-state index contributed by atoms with van der Waals surface area (Å²) in [6.45, 7) is 4.88. The number of phosphoric acid groups is 1. The van der Waals surface area contributed by atoms with Gasteiger partial charge in [-0.3, -0.25) is 13.8 Å². The normalized spacial score (nSPS) is 13.9. The Kier molecular flexibility index (Phi) is 27.7. The Hall–Kier alpha value is -0.500. The van der Waals surface area contributed by atoms with Gasteiger partial charge in [0.15, 0.2) is 0 Å². The maximum Gasteiger partial charge on any atom is 0.472 e. The van der Waals surface area contributed by atoms with E-state index in [4.69, 9.17) is 24.3 Å². The lowest BCUT2D eigenvalue weighted by Gasteiger charge is -2.20. The fourth-order valence-electron chi connectivity index (χ4n) is 4.23. The van der Waals surface area contributed by atoms with Crippen molar-refractivity contribution in [2.45, 2.75) is 148 Å². The first-order valence-corrected chi connectivity index (χ1v) is 17.0. The molecule has 38 heavy (non-hydrogen) atoms. The lowest BCUT2D eigenvalue weighted by molar-refractivity contribution is -0.154. The second-order valence-electron chi connectivity index (χ2n) is 10.3. The second kappa shape index (κ2) is 28.0. The third-order valence-electron chi connectivity index (χ3n) is 6.52. The van der Waals surface area contributed by atoms with Crippen molar-refractivity contribution in [2.75, 3.05) is 33.0 Å². The molecule has 0 aliphatic rings. The zero-order valence-electron chi connectivity index (χ0n) is 24.7. The van der Waals surface area contributed by atoms with E-state index in [1.165, 1.54) is 89.9 Å². The Bertz CT molecular complexity index is 565. The molecule has 8 nitrogen and oxygen atoms in total. The van der Waals surface area contributed by atoms with Crippen LogP contribution in [0.4, 0.5) is 0 Å². The van der Waals surface area contributed by atoms with E-state index in [9.17, 15) is 14.3 Å². The minimum Gasteiger partial charge on any atom is -0.457 e. The number of carbonyl (C=O) groups is 1. The molecule has 0 bridgehead atoms. The van der Waals surface area contributed by atoms with E-state index < -0.39 is 13.9 Å². The number of esters is 1. The highest BCUT2D eigenvalue weighted by atomic mass is 31.2. The van der Waals surface area contributed by atoms with Crippen molar-refractivity contribution in [3.63, 3.8) is 0 Å². The Morgan fingerprint density at radius 3 is 1.66 bits per heavy atom. The molecule has 0 radical (unpaired) electrons. The van der Waals surface area contributed by atoms with Crippen LogP contribution in [0.2, 0.25) is 0 Å². The molecule has 0 saturated carbocycles. The summed E-state index contributed by atoms with van der Waals surface area (Å²) in [5.41, 5.74) is 5.31. The van der Waals surface area contributed by atoms with Gasteiger partial charge in [-0.05, 0) is 12.8 Å². The number of hydrogen-bond acceptors (Lipinski definition) is 7. The zero-order valence-corrected chi connectivity index (χ0v) is 25.6. The quantitative estimate of drug-likeness (QED) is 0.0514. The number of ether oxygens (including phenoxy) is 2. The fraction of sp³-hybridized carbons (Fsp3) is 0.966. The van der Waals surface area contributed by atoms with Gasteiger partial charge in [-0.15, -0.1) is 0 Å². The van der Waals surface area contributed by atoms with Gasteiger partial charge in [0.05, 0.1) is 19.8 Å². The van der Waals surface area contributed by atoms with Crippen LogP contribution >= 0.6 is 7.82 Å². The van der Waals surface area contributed by atoms with Crippen LogP contribution in [0.3, 0.4) is 0 Å². The largest absolute Gasteiger partial charge is 0.472 e. The van der Waals surface area contributed by atoms with Gasteiger partial charge in [-0.2, -0.15) is 0 Å². The molecule has 0 aromatic carbocycles. The first-order valence-electron chi connectivity index (χ1n) is 15.5. The van der Waals surface area contributed by atoms with Crippen molar-refractivity contribution in [1.82, 2.24) is 0 Å². The summed E-state index contributed by atoms with van der Waals surface area (Å²) in [6.07, 6.45) is 22.6. The molecule has 2 unspecified atom stereocenters. The van der Waals surface area contributed by atoms with E-state index in [2.05, 4.69) is 13.8 Å². The number of hydrogen-bond donors (Lipinski definition) is 2. The van der Waals surface area contributed by atoms with Crippen molar-refractivity contribution < 1.29 is 32.8 Å². The van der Waals surface area contributed by atoms with Gasteiger partial charge in [0.1, 0.15) is 6.10 Å². The predicted octanol–water partition coefficient (Wildman–Crippen LogP) is 7.85. The van der Waals surface area contributed by atoms with Crippen LogP contribution < -0.4 is 5.73 Å². The van der Waals surface area contributed by atoms with Gasteiger partial charge in [-0.25, -0.2) is 4.57 Å². The molecular weight excluding hydrogens is 505 g/mol. The molecule has 0 fully saturated rings. The molecule has 9 heteroatoms. The van der Waals surface area contributed by atoms with E-state index >= 15 is 0 Å². The summed E-state index contributed by atoms with van der Waals surface area (Å²) in [5.74, 6) is -0.333. The van der Waals surface area contributed by atoms with Gasteiger partial charge >= 0.3 is 13.8 Å². The van der Waals surface area contributed by atoms with Crippen molar-refractivity contribution in [2.24, 2.45) is 5.73 Å². The molecular formula is C29H60NO7P. The van der Waals surface area contributed by atoms with E-state index in [1.807, 2.05) is 0 Å². The molecule has 0 aliphatic carbocycles. The predicted molar refractivity (Wildman–Crippen MR) is 155 cm³/mol. The summed E-state index contributed by atoms with van der Waals surface area (Å²) in [6, 6.07) is 0.